The molecule has 0 aliphatic carbocycles. The number of aryl methyl sites for hydroxylation is 1. The smallest absolute Gasteiger partial charge is 0.210 e. The maximum Gasteiger partial charge on any atom is 0.210 e. The molecule has 1 aliphatic heterocycles. The number of hydrogen-bond acceptors (Lipinski definition) is 7. The maximum absolute atomic E-state index is 13.8. The van der Waals surface area contributed by atoms with Crippen LogP contribution in [0.25, 0.3) is 0 Å². The van der Waals surface area contributed by atoms with Crippen molar-refractivity contribution in [3.63, 3.8) is 0 Å². The molecule has 3 heterocycles. The average Bonchev–Trinajstić information content (AvgIpc) is 3.46. The Kier molecular flexibility index (Phi) is 6.50. The number of benzene rings is 1. The molecule has 9 heteroatoms. The van der Waals surface area contributed by atoms with Crippen molar-refractivity contribution >= 4 is 39.7 Å². The molecule has 1 fully saturated rings. The largest absolute Gasteiger partial charge is 0.376 e. The zero-order valence-corrected chi connectivity index (χ0v) is 18.5. The molecule has 0 radical (unpaired) electrons. The molecule has 0 bridgehead atoms. The molecule has 158 valence electrons. The lowest BCUT2D eigenvalue weighted by molar-refractivity contribution is 0.0957. The van der Waals surface area contributed by atoms with E-state index in [9.17, 15) is 9.18 Å². The highest BCUT2D eigenvalue weighted by atomic mass is 32.2. The number of rotatable bonds is 8. The number of anilines is 2. The van der Waals surface area contributed by atoms with Gasteiger partial charge >= 0.3 is 0 Å². The SMILES string of the molecule is Cc1cc(C(=O)CSc2nnc(Nc3ccccc3F)s2)c(C)n1C[C@@H]1CCCO1. The number of ketones is 1. The minimum atomic E-state index is -0.351. The second kappa shape index (κ2) is 9.28. The maximum atomic E-state index is 13.8. The summed E-state index contributed by atoms with van der Waals surface area (Å²) in [6.07, 6.45) is 2.40. The number of carbonyl (C=O) groups excluding carboxylic acids is 1. The second-order valence-electron chi connectivity index (χ2n) is 7.22. The van der Waals surface area contributed by atoms with Crippen molar-refractivity contribution in [3.05, 3.63) is 53.1 Å². The highest BCUT2D eigenvalue weighted by Crippen LogP contribution is 2.29. The van der Waals surface area contributed by atoms with Gasteiger partial charge in [-0.25, -0.2) is 4.39 Å². The predicted octanol–water partition coefficient (Wildman–Crippen LogP) is 4.99. The molecule has 0 saturated carbocycles. The van der Waals surface area contributed by atoms with Gasteiger partial charge in [-0.3, -0.25) is 4.79 Å². The molecule has 0 unspecified atom stereocenters. The molecule has 0 spiro atoms. The quantitative estimate of drug-likeness (QED) is 0.388. The van der Waals surface area contributed by atoms with E-state index >= 15 is 0 Å². The fourth-order valence-electron chi connectivity index (χ4n) is 3.56. The van der Waals surface area contributed by atoms with Crippen LogP contribution in [-0.4, -0.2) is 39.0 Å². The number of Topliss-reactive ketones (excluding diaryl/α,β-unsaturated/α-hetero) is 1. The molecule has 1 N–H and O–H groups in total. The van der Waals surface area contributed by atoms with Crippen LogP contribution >= 0.6 is 23.1 Å². The molecule has 1 atom stereocenters. The van der Waals surface area contributed by atoms with E-state index in [1.807, 2.05) is 19.9 Å². The van der Waals surface area contributed by atoms with Gasteiger partial charge in [0.05, 0.1) is 17.5 Å². The molecule has 30 heavy (non-hydrogen) atoms. The van der Waals surface area contributed by atoms with E-state index in [1.54, 1.807) is 18.2 Å². The minimum Gasteiger partial charge on any atom is -0.376 e. The second-order valence-corrected chi connectivity index (χ2v) is 9.42. The first kappa shape index (κ1) is 21.0. The number of thioether (sulfide) groups is 1. The first-order chi connectivity index (χ1) is 14.5. The molecule has 4 rings (SSSR count). The molecular formula is C21H23FN4O2S2. The standard InChI is InChI=1S/C21H23FN4O2S2/c1-13-10-16(14(2)26(13)11-15-6-5-9-28-15)19(27)12-29-21-25-24-20(30-21)23-18-8-4-3-7-17(18)22/h3-4,7-8,10,15H,5-6,9,11-12H2,1-2H3,(H,23,24)/t15-/m0/s1. The van der Waals surface area contributed by atoms with E-state index in [-0.39, 0.29) is 23.5 Å². The van der Waals surface area contributed by atoms with Crippen molar-refractivity contribution in [2.75, 3.05) is 17.7 Å². The highest BCUT2D eigenvalue weighted by Gasteiger charge is 2.21. The van der Waals surface area contributed by atoms with Crippen molar-refractivity contribution < 1.29 is 13.9 Å². The molecule has 1 aliphatic rings. The van der Waals surface area contributed by atoms with Gasteiger partial charge in [0.1, 0.15) is 5.82 Å². The summed E-state index contributed by atoms with van der Waals surface area (Å²) < 4.78 is 22.3. The van der Waals surface area contributed by atoms with Gasteiger partial charge in [-0.15, -0.1) is 10.2 Å². The highest BCUT2D eigenvalue weighted by molar-refractivity contribution is 8.01. The number of nitrogens with zero attached hydrogens (tertiary/aromatic N) is 3. The Hall–Kier alpha value is -2.23. The Bertz CT molecular complexity index is 1040. The lowest BCUT2D eigenvalue weighted by Gasteiger charge is -2.14. The first-order valence-electron chi connectivity index (χ1n) is 9.80. The molecule has 6 nitrogen and oxygen atoms in total. The third-order valence-electron chi connectivity index (χ3n) is 5.13. The van der Waals surface area contributed by atoms with E-state index in [0.29, 0.717) is 15.2 Å². The number of halogens is 1. The Morgan fingerprint density at radius 1 is 1.37 bits per heavy atom. The first-order valence-corrected chi connectivity index (χ1v) is 11.6. The summed E-state index contributed by atoms with van der Waals surface area (Å²) >= 11 is 2.64. The topological polar surface area (TPSA) is 69.0 Å². The van der Waals surface area contributed by atoms with Gasteiger partial charge in [0.25, 0.3) is 0 Å². The van der Waals surface area contributed by atoms with Crippen LogP contribution in [-0.2, 0) is 11.3 Å². The van der Waals surface area contributed by atoms with Gasteiger partial charge in [-0.2, -0.15) is 0 Å². The van der Waals surface area contributed by atoms with Crippen molar-refractivity contribution in [1.29, 1.82) is 0 Å². The van der Waals surface area contributed by atoms with Crippen LogP contribution in [0.4, 0.5) is 15.2 Å². The van der Waals surface area contributed by atoms with Gasteiger partial charge in [0.2, 0.25) is 5.13 Å². The molecule has 1 aromatic carbocycles. The third-order valence-corrected chi connectivity index (χ3v) is 7.10. The van der Waals surface area contributed by atoms with Crippen LogP contribution in [0.2, 0.25) is 0 Å². The number of para-hydroxylation sites is 1. The Balaban J connectivity index is 1.37. The van der Waals surface area contributed by atoms with Crippen molar-refractivity contribution in [2.24, 2.45) is 0 Å². The molecule has 0 amide bonds. The Morgan fingerprint density at radius 3 is 2.97 bits per heavy atom. The number of hydrogen-bond donors (Lipinski definition) is 1. The lowest BCUT2D eigenvalue weighted by atomic mass is 10.2. The predicted molar refractivity (Wildman–Crippen MR) is 118 cm³/mol. The van der Waals surface area contributed by atoms with E-state index in [2.05, 4.69) is 20.1 Å². The summed E-state index contributed by atoms with van der Waals surface area (Å²) in [6.45, 7) is 5.63. The summed E-state index contributed by atoms with van der Waals surface area (Å²) in [5.41, 5.74) is 3.14. The van der Waals surface area contributed by atoms with Gasteiger partial charge in [-0.05, 0) is 44.9 Å². The van der Waals surface area contributed by atoms with Gasteiger partial charge < -0.3 is 14.6 Å². The Morgan fingerprint density at radius 2 is 2.20 bits per heavy atom. The fourth-order valence-corrected chi connectivity index (χ4v) is 5.21. The number of nitrogens with one attached hydrogen (secondary N) is 1. The number of carbonyl (C=O) groups is 1. The Labute approximate surface area is 182 Å². The van der Waals surface area contributed by atoms with Crippen LogP contribution in [0.3, 0.4) is 0 Å². The monoisotopic (exact) mass is 446 g/mol. The van der Waals surface area contributed by atoms with E-state index in [1.165, 1.54) is 29.2 Å². The van der Waals surface area contributed by atoms with Gasteiger partial charge in [-0.1, -0.05) is 35.2 Å². The third kappa shape index (κ3) is 4.74. The normalized spacial score (nSPS) is 16.2. The number of ether oxygens (including phenoxy) is 1. The van der Waals surface area contributed by atoms with Crippen molar-refractivity contribution in [1.82, 2.24) is 14.8 Å². The average molecular weight is 447 g/mol. The lowest BCUT2D eigenvalue weighted by Crippen LogP contribution is -2.17. The van der Waals surface area contributed by atoms with Gasteiger partial charge in [0, 0.05) is 30.1 Å². The summed E-state index contributed by atoms with van der Waals surface area (Å²) in [5.74, 6) is -0.0144. The van der Waals surface area contributed by atoms with Crippen molar-refractivity contribution in [3.8, 4) is 0 Å². The van der Waals surface area contributed by atoms with Gasteiger partial charge in [0.15, 0.2) is 10.1 Å². The van der Waals surface area contributed by atoms with E-state index in [4.69, 9.17) is 4.74 Å². The summed E-state index contributed by atoms with van der Waals surface area (Å²) in [5, 5.41) is 11.5. The summed E-state index contributed by atoms with van der Waals surface area (Å²) in [6, 6.07) is 8.35. The molecule has 1 saturated heterocycles. The zero-order valence-electron chi connectivity index (χ0n) is 16.9. The van der Waals surface area contributed by atoms with Crippen LogP contribution in [0.15, 0.2) is 34.7 Å². The zero-order chi connectivity index (χ0) is 21.1. The van der Waals surface area contributed by atoms with Crippen LogP contribution < -0.4 is 5.32 Å². The van der Waals surface area contributed by atoms with E-state index < -0.39 is 0 Å². The molecular weight excluding hydrogens is 423 g/mol. The fraction of sp³-hybridized carbons (Fsp3) is 0.381. The molecule has 2 aromatic heterocycles. The van der Waals surface area contributed by atoms with E-state index in [0.717, 1.165) is 42.9 Å². The molecule has 3 aromatic rings. The summed E-state index contributed by atoms with van der Waals surface area (Å²) in [7, 11) is 0. The summed E-state index contributed by atoms with van der Waals surface area (Å²) in [4.78, 5) is 12.8. The minimum absolute atomic E-state index is 0.0607. The number of aromatic nitrogens is 3. The van der Waals surface area contributed by atoms with Crippen molar-refractivity contribution in [2.45, 2.75) is 43.7 Å². The van der Waals surface area contributed by atoms with Crippen LogP contribution in [0, 0.1) is 19.7 Å². The van der Waals surface area contributed by atoms with Crippen LogP contribution in [0.1, 0.15) is 34.6 Å². The van der Waals surface area contributed by atoms with Crippen LogP contribution in [0.5, 0.6) is 0 Å².